The molecular formula is C22H20N5O+. The minimum Gasteiger partial charge on any atom is -0.489 e. The van der Waals surface area contributed by atoms with Gasteiger partial charge in [-0.15, -0.1) is 0 Å². The molecule has 0 radical (unpaired) electrons. The molecule has 1 aliphatic heterocycles. The molecule has 3 aromatic carbocycles. The van der Waals surface area contributed by atoms with Gasteiger partial charge in [-0.25, -0.2) is 14.9 Å². The van der Waals surface area contributed by atoms with Gasteiger partial charge in [-0.05, 0) is 42.0 Å². The van der Waals surface area contributed by atoms with Crippen LogP contribution in [0.5, 0.6) is 5.75 Å². The number of hydrogen-bond acceptors (Lipinski definition) is 4. The van der Waals surface area contributed by atoms with Crippen LogP contribution in [0.3, 0.4) is 0 Å². The van der Waals surface area contributed by atoms with Crippen LogP contribution in [0.4, 0.5) is 5.95 Å². The van der Waals surface area contributed by atoms with Crippen LogP contribution in [0.25, 0.3) is 11.0 Å². The Morgan fingerprint density at radius 3 is 2.50 bits per heavy atom. The van der Waals surface area contributed by atoms with Gasteiger partial charge in [-0.1, -0.05) is 42.5 Å². The van der Waals surface area contributed by atoms with Crippen molar-refractivity contribution < 1.29 is 9.30 Å². The molecule has 0 aliphatic carbocycles. The second kappa shape index (κ2) is 6.74. The van der Waals surface area contributed by atoms with Crippen LogP contribution >= 0.6 is 0 Å². The summed E-state index contributed by atoms with van der Waals surface area (Å²) in [6, 6.07) is 26.3. The number of nitrogens with zero attached hydrogens (tertiary/aromatic N) is 2. The summed E-state index contributed by atoms with van der Waals surface area (Å²) in [6.45, 7) is 0.542. The van der Waals surface area contributed by atoms with E-state index in [2.05, 4.69) is 38.1 Å². The first-order valence-electron chi connectivity index (χ1n) is 9.17. The van der Waals surface area contributed by atoms with E-state index in [1.54, 1.807) is 0 Å². The zero-order valence-electron chi connectivity index (χ0n) is 15.2. The number of nitrogens with two attached hydrogens (primary N) is 1. The number of aromatic nitrogens is 2. The summed E-state index contributed by atoms with van der Waals surface area (Å²) in [5.74, 6) is 2.03. The van der Waals surface area contributed by atoms with Gasteiger partial charge < -0.3 is 10.5 Å². The van der Waals surface area contributed by atoms with Gasteiger partial charge in [0, 0.05) is 5.56 Å². The summed E-state index contributed by atoms with van der Waals surface area (Å²) in [4.78, 5) is 7.99. The number of rotatable bonds is 4. The lowest BCUT2D eigenvalue weighted by Crippen LogP contribution is -2.48. The molecular weight excluding hydrogens is 350 g/mol. The molecule has 0 saturated carbocycles. The van der Waals surface area contributed by atoms with Gasteiger partial charge in [0.15, 0.2) is 0 Å². The Labute approximate surface area is 162 Å². The predicted molar refractivity (Wildman–Crippen MR) is 109 cm³/mol. The molecule has 0 spiro atoms. The van der Waals surface area contributed by atoms with Crippen LogP contribution in [0.1, 0.15) is 17.3 Å². The lowest BCUT2D eigenvalue weighted by molar-refractivity contribution is -0.674. The van der Waals surface area contributed by atoms with Crippen molar-refractivity contribution in [3.63, 3.8) is 0 Å². The number of aromatic amines is 1. The summed E-state index contributed by atoms with van der Waals surface area (Å²) in [6.07, 6.45) is -0.240. The second-order valence-electron chi connectivity index (χ2n) is 6.72. The van der Waals surface area contributed by atoms with E-state index in [4.69, 9.17) is 10.5 Å². The molecule has 4 aromatic rings. The first-order chi connectivity index (χ1) is 13.8. The van der Waals surface area contributed by atoms with E-state index in [1.165, 1.54) is 0 Å². The highest BCUT2D eigenvalue weighted by atomic mass is 16.5. The van der Waals surface area contributed by atoms with Gasteiger partial charge in [-0.2, -0.15) is 4.99 Å². The summed E-state index contributed by atoms with van der Waals surface area (Å²) < 4.78 is 8.01. The summed E-state index contributed by atoms with van der Waals surface area (Å²) in [7, 11) is 0. The molecule has 1 aliphatic rings. The third-order valence-electron chi connectivity index (χ3n) is 4.84. The maximum absolute atomic E-state index is 6.02. The Bertz CT molecular complexity index is 1150. The molecule has 2 heterocycles. The van der Waals surface area contributed by atoms with Crippen LogP contribution in [0.15, 0.2) is 83.9 Å². The van der Waals surface area contributed by atoms with Crippen LogP contribution in [-0.4, -0.2) is 10.9 Å². The van der Waals surface area contributed by atoms with E-state index in [0.717, 1.165) is 33.9 Å². The number of ether oxygens (including phenoxy) is 1. The van der Waals surface area contributed by atoms with Gasteiger partial charge in [0.2, 0.25) is 6.17 Å². The molecule has 0 saturated heterocycles. The minimum absolute atomic E-state index is 0.240. The SMILES string of the molecule is NC1=N[C@@H](c2ccc(OCc3ccccc3)cc2)[n+]2c([nH]c3ccccc32)N1. The molecule has 1 aromatic heterocycles. The average molecular weight is 370 g/mol. The average Bonchev–Trinajstić information content (AvgIpc) is 3.11. The number of H-pyrrole nitrogens is 1. The first kappa shape index (κ1) is 16.4. The molecule has 4 N–H and O–H groups in total. The number of aliphatic imine (C=N–C) groups is 1. The summed E-state index contributed by atoms with van der Waals surface area (Å²) in [5, 5.41) is 3.11. The number of guanidine groups is 1. The van der Waals surface area contributed by atoms with Crippen molar-refractivity contribution in [1.29, 1.82) is 0 Å². The number of para-hydroxylation sites is 2. The monoisotopic (exact) mass is 370 g/mol. The van der Waals surface area contributed by atoms with Crippen molar-refractivity contribution in [2.75, 3.05) is 5.32 Å². The molecule has 0 amide bonds. The topological polar surface area (TPSA) is 79.3 Å². The number of imidazole rings is 1. The Kier molecular flexibility index (Phi) is 3.94. The fraction of sp³-hybridized carbons (Fsp3) is 0.0909. The fourth-order valence-corrected chi connectivity index (χ4v) is 3.49. The predicted octanol–water partition coefficient (Wildman–Crippen LogP) is 3.32. The highest BCUT2D eigenvalue weighted by Gasteiger charge is 2.30. The zero-order chi connectivity index (χ0) is 18.9. The maximum atomic E-state index is 6.02. The van der Waals surface area contributed by atoms with E-state index in [1.807, 2.05) is 60.7 Å². The first-order valence-corrected chi connectivity index (χ1v) is 9.17. The third kappa shape index (κ3) is 2.95. The summed E-state index contributed by atoms with van der Waals surface area (Å²) >= 11 is 0. The van der Waals surface area contributed by atoms with Crippen molar-refractivity contribution in [2.45, 2.75) is 12.8 Å². The van der Waals surface area contributed by atoms with Crippen LogP contribution in [-0.2, 0) is 6.61 Å². The molecule has 5 rings (SSSR count). The van der Waals surface area contributed by atoms with Crippen LogP contribution in [0, 0.1) is 0 Å². The van der Waals surface area contributed by atoms with E-state index in [0.29, 0.717) is 12.6 Å². The van der Waals surface area contributed by atoms with Gasteiger partial charge in [0.1, 0.15) is 23.4 Å². The zero-order valence-corrected chi connectivity index (χ0v) is 15.2. The van der Waals surface area contributed by atoms with E-state index in [-0.39, 0.29) is 6.17 Å². The van der Waals surface area contributed by atoms with Gasteiger partial charge in [-0.3, -0.25) is 0 Å². The van der Waals surface area contributed by atoms with Gasteiger partial charge in [0.05, 0.1) is 0 Å². The van der Waals surface area contributed by atoms with Gasteiger partial charge >= 0.3 is 5.95 Å². The number of anilines is 1. The molecule has 6 nitrogen and oxygen atoms in total. The van der Waals surface area contributed by atoms with Crippen molar-refractivity contribution in [3.05, 3.63) is 90.0 Å². The lowest BCUT2D eigenvalue weighted by Gasteiger charge is -2.18. The highest BCUT2D eigenvalue weighted by Crippen LogP contribution is 2.25. The van der Waals surface area contributed by atoms with Crippen molar-refractivity contribution in [3.8, 4) is 5.75 Å². The molecule has 28 heavy (non-hydrogen) atoms. The summed E-state index contributed by atoms with van der Waals surface area (Å²) in [5.41, 5.74) is 10.3. The second-order valence-corrected chi connectivity index (χ2v) is 6.72. The Balaban J connectivity index is 1.44. The molecule has 0 unspecified atom stereocenters. The Hall–Kier alpha value is -3.80. The van der Waals surface area contributed by atoms with Gasteiger partial charge in [0.25, 0.3) is 5.96 Å². The molecule has 0 fully saturated rings. The third-order valence-corrected chi connectivity index (χ3v) is 4.84. The largest absolute Gasteiger partial charge is 0.489 e. The standard InChI is InChI=1S/C22H19N5O/c23-21-25-20(27-19-9-5-4-8-18(19)24-22(27)26-21)16-10-12-17(13-11-16)28-14-15-6-2-1-3-7-15/h1-13,20H,14H2,(H3,23,24,25,26)/p+1/t20-/m1/s1. The highest BCUT2D eigenvalue weighted by molar-refractivity contribution is 5.92. The maximum Gasteiger partial charge on any atom is 0.365 e. The van der Waals surface area contributed by atoms with Crippen molar-refractivity contribution >= 4 is 22.9 Å². The normalized spacial score (nSPS) is 15.6. The molecule has 1 atom stereocenters. The molecule has 6 heteroatoms. The van der Waals surface area contributed by atoms with Crippen LogP contribution in [0.2, 0.25) is 0 Å². The van der Waals surface area contributed by atoms with Crippen molar-refractivity contribution in [1.82, 2.24) is 4.98 Å². The Morgan fingerprint density at radius 2 is 1.68 bits per heavy atom. The smallest absolute Gasteiger partial charge is 0.365 e. The molecule has 0 bridgehead atoms. The molecule has 138 valence electrons. The number of hydrogen-bond donors (Lipinski definition) is 3. The minimum atomic E-state index is -0.240. The van der Waals surface area contributed by atoms with E-state index in [9.17, 15) is 0 Å². The quantitative estimate of drug-likeness (QED) is 0.482. The number of benzene rings is 3. The van der Waals surface area contributed by atoms with E-state index < -0.39 is 0 Å². The van der Waals surface area contributed by atoms with E-state index >= 15 is 0 Å². The van der Waals surface area contributed by atoms with Crippen molar-refractivity contribution in [2.24, 2.45) is 10.7 Å². The number of nitrogens with one attached hydrogen (secondary N) is 2. The van der Waals surface area contributed by atoms with Crippen LogP contribution < -0.4 is 20.4 Å². The number of fused-ring (bicyclic) bond motifs is 3. The lowest BCUT2D eigenvalue weighted by atomic mass is 10.1. The Morgan fingerprint density at radius 1 is 0.929 bits per heavy atom. The fourth-order valence-electron chi connectivity index (χ4n) is 3.49.